The van der Waals surface area contributed by atoms with Gasteiger partial charge in [-0.3, -0.25) is 4.79 Å². The number of amides is 1. The van der Waals surface area contributed by atoms with E-state index in [1.165, 1.54) is 19.2 Å². The minimum atomic E-state index is -0.444. The Bertz CT molecular complexity index is 416. The Labute approximate surface area is 119 Å². The van der Waals surface area contributed by atoms with Crippen molar-refractivity contribution >= 4 is 18.3 Å². The molecule has 0 bridgehead atoms. The molecule has 0 saturated heterocycles. The van der Waals surface area contributed by atoms with E-state index in [1.54, 1.807) is 18.0 Å². The molecule has 0 atom stereocenters. The predicted molar refractivity (Wildman–Crippen MR) is 75.5 cm³/mol. The Balaban J connectivity index is 0.00000324. The maximum Gasteiger partial charge on any atom is 0.226 e. The van der Waals surface area contributed by atoms with Gasteiger partial charge in [0, 0.05) is 20.1 Å². The molecule has 1 aromatic carbocycles. The minimum absolute atomic E-state index is 0. The van der Waals surface area contributed by atoms with Crippen molar-refractivity contribution in [1.82, 2.24) is 10.2 Å². The third-order valence-corrected chi connectivity index (χ3v) is 2.69. The van der Waals surface area contributed by atoms with Crippen molar-refractivity contribution in [2.45, 2.75) is 6.42 Å². The second-order valence-corrected chi connectivity index (χ2v) is 4.06. The quantitative estimate of drug-likeness (QED) is 0.863. The van der Waals surface area contributed by atoms with E-state index in [1.807, 2.05) is 7.05 Å². The number of nitrogens with one attached hydrogen (secondary N) is 1. The van der Waals surface area contributed by atoms with E-state index >= 15 is 0 Å². The average Bonchev–Trinajstić information content (AvgIpc) is 2.36. The van der Waals surface area contributed by atoms with Crippen molar-refractivity contribution in [2.24, 2.45) is 0 Å². The standard InChI is InChI=1S/C13H19FN2O2.ClH/c1-15-6-7-16(2)13(17)9-10-4-5-12(18-3)11(14)8-10;/h4-5,8,15H,6-7,9H2,1-3H3;1H. The third kappa shape index (κ3) is 5.44. The van der Waals surface area contributed by atoms with Crippen LogP contribution >= 0.6 is 12.4 Å². The molecule has 0 aliphatic carbocycles. The van der Waals surface area contributed by atoms with Crippen LogP contribution in [-0.2, 0) is 11.2 Å². The summed E-state index contributed by atoms with van der Waals surface area (Å²) < 4.78 is 18.3. The first-order valence-corrected chi connectivity index (χ1v) is 5.79. The molecular formula is C13H20ClFN2O2. The van der Waals surface area contributed by atoms with Gasteiger partial charge in [0.15, 0.2) is 11.6 Å². The molecule has 0 heterocycles. The van der Waals surface area contributed by atoms with Gasteiger partial charge in [0.05, 0.1) is 13.5 Å². The lowest BCUT2D eigenvalue weighted by Crippen LogP contribution is -2.33. The smallest absolute Gasteiger partial charge is 0.226 e. The van der Waals surface area contributed by atoms with Gasteiger partial charge in [-0.1, -0.05) is 6.07 Å². The van der Waals surface area contributed by atoms with E-state index in [2.05, 4.69) is 5.32 Å². The zero-order chi connectivity index (χ0) is 13.5. The Morgan fingerprint density at radius 3 is 2.68 bits per heavy atom. The molecule has 1 aromatic rings. The van der Waals surface area contributed by atoms with E-state index in [0.717, 1.165) is 6.54 Å². The lowest BCUT2D eigenvalue weighted by molar-refractivity contribution is -0.129. The zero-order valence-electron chi connectivity index (χ0n) is 11.4. The fraction of sp³-hybridized carbons (Fsp3) is 0.462. The molecule has 1 amide bonds. The molecule has 0 radical (unpaired) electrons. The molecule has 0 fully saturated rings. The molecule has 0 aromatic heterocycles. The number of methoxy groups -OCH3 is 1. The summed E-state index contributed by atoms with van der Waals surface area (Å²) in [5, 5.41) is 2.97. The molecule has 4 nitrogen and oxygen atoms in total. The summed E-state index contributed by atoms with van der Waals surface area (Å²) in [6.07, 6.45) is 0.196. The van der Waals surface area contributed by atoms with Crippen molar-refractivity contribution in [3.8, 4) is 5.75 Å². The second kappa shape index (κ2) is 8.72. The van der Waals surface area contributed by atoms with Crippen LogP contribution in [0.1, 0.15) is 5.56 Å². The molecular weight excluding hydrogens is 271 g/mol. The highest BCUT2D eigenvalue weighted by Gasteiger charge is 2.11. The highest BCUT2D eigenvalue weighted by Crippen LogP contribution is 2.18. The van der Waals surface area contributed by atoms with Crippen LogP contribution in [-0.4, -0.2) is 45.1 Å². The number of halogens is 2. The fourth-order valence-electron chi connectivity index (χ4n) is 1.53. The van der Waals surface area contributed by atoms with Crippen LogP contribution < -0.4 is 10.1 Å². The number of hydrogen-bond donors (Lipinski definition) is 1. The summed E-state index contributed by atoms with van der Waals surface area (Å²) in [5.74, 6) is -0.287. The Morgan fingerprint density at radius 1 is 1.47 bits per heavy atom. The van der Waals surface area contributed by atoms with Gasteiger partial charge < -0.3 is 15.0 Å². The molecule has 108 valence electrons. The normalized spacial score (nSPS) is 9.68. The molecule has 0 saturated carbocycles. The van der Waals surface area contributed by atoms with Gasteiger partial charge in [-0.05, 0) is 24.7 Å². The highest BCUT2D eigenvalue weighted by molar-refractivity contribution is 5.85. The number of nitrogens with zero attached hydrogens (tertiary/aromatic N) is 1. The number of benzene rings is 1. The van der Waals surface area contributed by atoms with Gasteiger partial charge in [0.1, 0.15) is 0 Å². The van der Waals surface area contributed by atoms with Crippen LogP contribution in [0.3, 0.4) is 0 Å². The number of ether oxygens (including phenoxy) is 1. The van der Waals surface area contributed by atoms with Crippen molar-refractivity contribution in [2.75, 3.05) is 34.3 Å². The molecule has 1 rings (SSSR count). The van der Waals surface area contributed by atoms with Crippen LogP contribution in [0.2, 0.25) is 0 Å². The van der Waals surface area contributed by atoms with E-state index in [-0.39, 0.29) is 30.5 Å². The average molecular weight is 291 g/mol. The first-order valence-electron chi connectivity index (χ1n) is 5.79. The van der Waals surface area contributed by atoms with Crippen LogP contribution in [0, 0.1) is 5.82 Å². The lowest BCUT2D eigenvalue weighted by Gasteiger charge is -2.17. The summed E-state index contributed by atoms with van der Waals surface area (Å²) in [6.45, 7) is 1.37. The summed E-state index contributed by atoms with van der Waals surface area (Å²) in [4.78, 5) is 13.5. The number of likely N-dealkylation sites (N-methyl/N-ethyl adjacent to an activating group) is 2. The van der Waals surface area contributed by atoms with Gasteiger partial charge >= 0.3 is 0 Å². The third-order valence-electron chi connectivity index (χ3n) is 2.69. The number of rotatable bonds is 6. The van der Waals surface area contributed by atoms with Gasteiger partial charge in [-0.2, -0.15) is 0 Å². The van der Waals surface area contributed by atoms with Crippen molar-refractivity contribution in [1.29, 1.82) is 0 Å². The maximum atomic E-state index is 13.4. The topological polar surface area (TPSA) is 41.6 Å². The summed E-state index contributed by atoms with van der Waals surface area (Å²) in [6, 6.07) is 4.57. The summed E-state index contributed by atoms with van der Waals surface area (Å²) >= 11 is 0. The Hall–Kier alpha value is -1.33. The van der Waals surface area contributed by atoms with Gasteiger partial charge in [0.2, 0.25) is 5.91 Å². The second-order valence-electron chi connectivity index (χ2n) is 4.06. The van der Waals surface area contributed by atoms with Crippen LogP contribution in [0.5, 0.6) is 5.75 Å². The van der Waals surface area contributed by atoms with Crippen LogP contribution in [0.25, 0.3) is 0 Å². The molecule has 19 heavy (non-hydrogen) atoms. The SMILES string of the molecule is CNCCN(C)C(=O)Cc1ccc(OC)c(F)c1.Cl. The molecule has 0 aliphatic rings. The van der Waals surface area contributed by atoms with E-state index in [0.29, 0.717) is 12.1 Å². The number of carbonyl (C=O) groups excluding carboxylic acids is 1. The molecule has 6 heteroatoms. The number of carbonyl (C=O) groups is 1. The molecule has 1 N–H and O–H groups in total. The van der Waals surface area contributed by atoms with Gasteiger partial charge in [-0.25, -0.2) is 4.39 Å². The summed E-state index contributed by atoms with van der Waals surface area (Å²) in [5.41, 5.74) is 0.648. The first-order chi connectivity index (χ1) is 8.58. The molecule has 0 spiro atoms. The largest absolute Gasteiger partial charge is 0.494 e. The zero-order valence-corrected chi connectivity index (χ0v) is 12.2. The van der Waals surface area contributed by atoms with Crippen LogP contribution in [0.4, 0.5) is 4.39 Å². The first kappa shape index (κ1) is 17.7. The van der Waals surface area contributed by atoms with Gasteiger partial charge in [-0.15, -0.1) is 12.4 Å². The highest BCUT2D eigenvalue weighted by atomic mass is 35.5. The lowest BCUT2D eigenvalue weighted by atomic mass is 10.1. The Morgan fingerprint density at radius 2 is 2.16 bits per heavy atom. The summed E-state index contributed by atoms with van der Waals surface area (Å²) in [7, 11) is 4.98. The van der Waals surface area contributed by atoms with Crippen molar-refractivity contribution in [3.05, 3.63) is 29.6 Å². The maximum absolute atomic E-state index is 13.4. The molecule has 0 unspecified atom stereocenters. The van der Waals surface area contributed by atoms with Gasteiger partial charge in [0.25, 0.3) is 0 Å². The predicted octanol–water partition coefficient (Wildman–Crippen LogP) is 1.48. The van der Waals surface area contributed by atoms with Crippen molar-refractivity contribution in [3.63, 3.8) is 0 Å². The Kier molecular flexibility index (Phi) is 8.11. The minimum Gasteiger partial charge on any atom is -0.494 e. The fourth-order valence-corrected chi connectivity index (χ4v) is 1.53. The monoisotopic (exact) mass is 290 g/mol. The van der Waals surface area contributed by atoms with E-state index in [4.69, 9.17) is 4.74 Å². The number of hydrogen-bond acceptors (Lipinski definition) is 3. The van der Waals surface area contributed by atoms with E-state index < -0.39 is 5.82 Å². The van der Waals surface area contributed by atoms with E-state index in [9.17, 15) is 9.18 Å². The van der Waals surface area contributed by atoms with Crippen molar-refractivity contribution < 1.29 is 13.9 Å². The molecule has 0 aliphatic heterocycles. The van der Waals surface area contributed by atoms with Crippen LogP contribution in [0.15, 0.2) is 18.2 Å².